The highest BCUT2D eigenvalue weighted by atomic mass is 16.5. The van der Waals surface area contributed by atoms with E-state index in [1.54, 1.807) is 0 Å². The molecule has 0 saturated carbocycles. The maximum Gasteiger partial charge on any atom is 0.221 e. The Hall–Kier alpha value is -1.84. The normalized spacial score (nSPS) is 13.4. The number of carbonyl (C=O) groups excluding carboxylic acids is 2. The van der Waals surface area contributed by atoms with Crippen LogP contribution in [0.5, 0.6) is 5.75 Å². The van der Waals surface area contributed by atoms with Gasteiger partial charge >= 0.3 is 0 Å². The van der Waals surface area contributed by atoms with Crippen LogP contribution in [0.25, 0.3) is 0 Å². The van der Waals surface area contributed by atoms with E-state index in [-0.39, 0.29) is 17.2 Å². The summed E-state index contributed by atoms with van der Waals surface area (Å²) < 4.78 is 25.5. The molecule has 0 spiro atoms. The molecule has 0 aliphatic carbocycles. The molecule has 0 aliphatic heterocycles. The molecule has 0 unspecified atom stereocenters. The summed E-state index contributed by atoms with van der Waals surface area (Å²) in [4.78, 5) is 21.5. The summed E-state index contributed by atoms with van der Waals surface area (Å²) in [6.45, 7) is 1.32. The van der Waals surface area contributed by atoms with Crippen LogP contribution in [0.15, 0.2) is 18.2 Å². The number of benzene rings is 1. The number of hydrogen-bond acceptors (Lipinski definition) is 3. The van der Waals surface area contributed by atoms with Crippen molar-refractivity contribution in [3.05, 3.63) is 23.8 Å². The van der Waals surface area contributed by atoms with E-state index in [0.29, 0.717) is 12.0 Å². The van der Waals surface area contributed by atoms with Crippen LogP contribution in [0.3, 0.4) is 0 Å². The molecule has 4 heteroatoms. The zero-order chi connectivity index (χ0) is 13.1. The first kappa shape index (κ1) is 6.59. The predicted molar refractivity (Wildman–Crippen MR) is 52.7 cm³/mol. The number of amides is 1. The summed E-state index contributed by atoms with van der Waals surface area (Å²) >= 11 is 0. The van der Waals surface area contributed by atoms with Gasteiger partial charge in [-0.05, 0) is 12.1 Å². The summed E-state index contributed by atoms with van der Waals surface area (Å²) in [7, 11) is -2.65. The van der Waals surface area contributed by atoms with Gasteiger partial charge in [0.15, 0.2) is 6.29 Å². The Kier molecular flexibility index (Phi) is 2.08. The minimum absolute atomic E-state index is 0.0914. The second kappa shape index (κ2) is 4.41. The Morgan fingerprint density at radius 3 is 3.00 bits per heavy atom. The van der Waals surface area contributed by atoms with E-state index in [1.807, 2.05) is 0 Å². The number of rotatable bonds is 3. The van der Waals surface area contributed by atoms with E-state index < -0.39 is 7.04 Å². The molecular formula is C10H11NO3. The van der Waals surface area contributed by atoms with E-state index in [0.717, 1.165) is 0 Å². The third-order valence-electron chi connectivity index (χ3n) is 1.57. The first-order chi connectivity index (χ1) is 7.81. The van der Waals surface area contributed by atoms with Crippen molar-refractivity contribution in [2.75, 3.05) is 12.4 Å². The van der Waals surface area contributed by atoms with Crippen LogP contribution in [-0.4, -0.2) is 19.2 Å². The van der Waals surface area contributed by atoms with Gasteiger partial charge in [-0.3, -0.25) is 9.59 Å². The lowest BCUT2D eigenvalue weighted by atomic mass is 10.2. The van der Waals surface area contributed by atoms with Crippen LogP contribution in [0.2, 0.25) is 0 Å². The Labute approximate surface area is 86.1 Å². The molecule has 1 aromatic rings. The zero-order valence-corrected chi connectivity index (χ0v) is 7.53. The summed E-state index contributed by atoms with van der Waals surface area (Å²) in [5.74, 6) is -0.394. The van der Waals surface area contributed by atoms with Gasteiger partial charge in [-0.25, -0.2) is 0 Å². The molecule has 0 aromatic heterocycles. The predicted octanol–water partition coefficient (Wildman–Crippen LogP) is 1.47. The largest absolute Gasteiger partial charge is 0.496 e. The van der Waals surface area contributed by atoms with Crippen LogP contribution >= 0.6 is 0 Å². The number of aldehydes is 1. The molecular weight excluding hydrogens is 182 g/mol. The third kappa shape index (κ3) is 2.32. The SMILES string of the molecule is [2H]C([2H])([2H])Oc1cc(NC(C)=O)ccc1C=O. The van der Waals surface area contributed by atoms with Crippen LogP contribution in [-0.2, 0) is 4.79 Å². The molecule has 14 heavy (non-hydrogen) atoms. The van der Waals surface area contributed by atoms with Gasteiger partial charge < -0.3 is 10.1 Å². The fourth-order valence-electron chi connectivity index (χ4n) is 1.00. The lowest BCUT2D eigenvalue weighted by Crippen LogP contribution is -2.06. The Bertz CT molecular complexity index is 443. The van der Waals surface area contributed by atoms with Crippen LogP contribution < -0.4 is 10.1 Å². The smallest absolute Gasteiger partial charge is 0.221 e. The van der Waals surface area contributed by atoms with Crippen molar-refractivity contribution in [1.29, 1.82) is 0 Å². The molecule has 74 valence electrons. The molecule has 0 atom stereocenters. The molecule has 1 amide bonds. The molecule has 0 saturated heterocycles. The Balaban J connectivity index is 3.06. The van der Waals surface area contributed by atoms with Crippen LogP contribution in [0, 0.1) is 0 Å². The van der Waals surface area contributed by atoms with Gasteiger partial charge in [0.1, 0.15) is 5.75 Å². The highest BCUT2D eigenvalue weighted by molar-refractivity contribution is 5.90. The molecule has 0 radical (unpaired) electrons. The minimum atomic E-state index is -2.65. The second-order valence-corrected chi connectivity index (χ2v) is 2.65. The van der Waals surface area contributed by atoms with Crippen molar-refractivity contribution in [2.24, 2.45) is 0 Å². The first-order valence-corrected chi connectivity index (χ1v) is 3.87. The zero-order valence-electron chi connectivity index (χ0n) is 10.5. The van der Waals surface area contributed by atoms with E-state index in [4.69, 9.17) is 4.11 Å². The number of nitrogens with one attached hydrogen (secondary N) is 1. The fraction of sp³-hybridized carbons (Fsp3) is 0.200. The van der Waals surface area contributed by atoms with Crippen molar-refractivity contribution < 1.29 is 18.4 Å². The van der Waals surface area contributed by atoms with Crippen molar-refractivity contribution in [1.82, 2.24) is 0 Å². The lowest BCUT2D eigenvalue weighted by Gasteiger charge is -2.06. The van der Waals surface area contributed by atoms with Crippen molar-refractivity contribution in [3.63, 3.8) is 0 Å². The van der Waals surface area contributed by atoms with Gasteiger partial charge in [-0.2, -0.15) is 0 Å². The summed E-state index contributed by atoms with van der Waals surface area (Å²) in [6.07, 6.45) is 0.485. The molecule has 4 nitrogen and oxygen atoms in total. The molecule has 0 heterocycles. The number of methoxy groups -OCH3 is 1. The van der Waals surface area contributed by atoms with E-state index in [9.17, 15) is 9.59 Å². The second-order valence-electron chi connectivity index (χ2n) is 2.65. The van der Waals surface area contributed by atoms with Gasteiger partial charge in [-0.1, -0.05) is 0 Å². The Morgan fingerprint density at radius 1 is 1.64 bits per heavy atom. The maximum absolute atomic E-state index is 10.8. The van der Waals surface area contributed by atoms with Gasteiger partial charge in [-0.15, -0.1) is 0 Å². The monoisotopic (exact) mass is 196 g/mol. The van der Waals surface area contributed by atoms with Crippen LogP contribution in [0.1, 0.15) is 21.4 Å². The van der Waals surface area contributed by atoms with Crippen molar-refractivity contribution in [3.8, 4) is 5.75 Å². The minimum Gasteiger partial charge on any atom is -0.496 e. The van der Waals surface area contributed by atoms with E-state index in [2.05, 4.69) is 10.1 Å². The Morgan fingerprint density at radius 2 is 2.43 bits per heavy atom. The molecule has 1 aromatic carbocycles. The summed E-state index contributed by atoms with van der Waals surface area (Å²) in [6, 6.07) is 4.15. The van der Waals surface area contributed by atoms with Crippen molar-refractivity contribution >= 4 is 17.9 Å². The van der Waals surface area contributed by atoms with E-state index in [1.165, 1.54) is 25.1 Å². The average molecular weight is 196 g/mol. The van der Waals surface area contributed by atoms with Crippen molar-refractivity contribution in [2.45, 2.75) is 6.92 Å². The highest BCUT2D eigenvalue weighted by Crippen LogP contribution is 2.21. The first-order valence-electron chi connectivity index (χ1n) is 5.37. The van der Waals surface area contributed by atoms with Gasteiger partial charge in [0.05, 0.1) is 16.7 Å². The van der Waals surface area contributed by atoms with E-state index >= 15 is 0 Å². The third-order valence-corrected chi connectivity index (χ3v) is 1.57. The quantitative estimate of drug-likeness (QED) is 0.745. The van der Waals surface area contributed by atoms with Crippen LogP contribution in [0.4, 0.5) is 5.69 Å². The molecule has 1 N–H and O–H groups in total. The number of carbonyl (C=O) groups is 2. The number of hydrogen-bond donors (Lipinski definition) is 1. The molecule has 0 fully saturated rings. The molecule has 0 bridgehead atoms. The number of ether oxygens (including phenoxy) is 1. The molecule has 1 rings (SSSR count). The average Bonchev–Trinajstić information content (AvgIpc) is 2.14. The van der Waals surface area contributed by atoms with Gasteiger partial charge in [0.25, 0.3) is 0 Å². The highest BCUT2D eigenvalue weighted by Gasteiger charge is 2.03. The van der Waals surface area contributed by atoms with Gasteiger partial charge in [0, 0.05) is 18.7 Å². The van der Waals surface area contributed by atoms with Gasteiger partial charge in [0.2, 0.25) is 5.91 Å². The number of anilines is 1. The maximum atomic E-state index is 10.8. The topological polar surface area (TPSA) is 55.4 Å². The lowest BCUT2D eigenvalue weighted by molar-refractivity contribution is -0.114. The molecule has 0 aliphatic rings. The summed E-state index contributed by atoms with van der Waals surface area (Å²) in [5.41, 5.74) is 0.470. The fourth-order valence-corrected chi connectivity index (χ4v) is 1.00. The summed E-state index contributed by atoms with van der Waals surface area (Å²) in [5, 5.41) is 2.46. The standard InChI is InChI=1S/C10H11NO3/c1-7(13)11-9-4-3-8(6-12)10(5-9)14-2/h3-6H,1-2H3,(H,11,13)/i2D3.